The van der Waals surface area contributed by atoms with E-state index in [-0.39, 0.29) is 5.75 Å². The van der Waals surface area contributed by atoms with Crippen molar-refractivity contribution in [2.75, 3.05) is 18.4 Å². The van der Waals surface area contributed by atoms with Gasteiger partial charge in [0.05, 0.1) is 0 Å². The second-order valence-corrected chi connectivity index (χ2v) is 5.22. The van der Waals surface area contributed by atoms with Crippen LogP contribution in [0.15, 0.2) is 30.5 Å². The number of hydrogen-bond acceptors (Lipinski definition) is 4. The molecule has 1 aromatic heterocycles. The number of phenols is 1. The number of anilines is 1. The maximum Gasteiger partial charge on any atom is 0.134 e. The summed E-state index contributed by atoms with van der Waals surface area (Å²) in [7, 11) is 0. The van der Waals surface area contributed by atoms with Crippen LogP contribution in [-0.4, -0.2) is 29.2 Å². The summed E-state index contributed by atoms with van der Waals surface area (Å²) in [5.41, 5.74) is 0. The Morgan fingerprint density at radius 3 is 2.89 bits per heavy atom. The molecule has 2 heterocycles. The van der Waals surface area contributed by atoms with E-state index < -0.39 is 0 Å². The van der Waals surface area contributed by atoms with Gasteiger partial charge in [0.25, 0.3) is 0 Å². The molecule has 0 bridgehead atoms. The van der Waals surface area contributed by atoms with Crippen LogP contribution < -0.4 is 10.6 Å². The van der Waals surface area contributed by atoms with Crippen molar-refractivity contribution in [3.63, 3.8) is 0 Å². The average molecular weight is 241 g/mol. The molecule has 2 atom stereocenters. The number of phenolic OH excluding ortho intramolecular Hbond substituents is 1. The smallest absolute Gasteiger partial charge is 0.134 e. The van der Waals surface area contributed by atoms with Crippen LogP contribution in [0.3, 0.4) is 0 Å². The Labute approximate surface area is 105 Å². The van der Waals surface area contributed by atoms with Crippen LogP contribution in [0.2, 0.25) is 0 Å². The normalized spacial score (nSPS) is 29.2. The van der Waals surface area contributed by atoms with Gasteiger partial charge in [-0.15, -0.1) is 0 Å². The van der Waals surface area contributed by atoms with Gasteiger partial charge in [-0.05, 0) is 35.4 Å². The Balaban J connectivity index is 1.69. The molecule has 2 unspecified atom stereocenters. The molecule has 2 aromatic rings. The van der Waals surface area contributed by atoms with Crippen molar-refractivity contribution in [3.8, 4) is 5.75 Å². The minimum absolute atomic E-state index is 0.288. The lowest BCUT2D eigenvalue weighted by molar-refractivity contribution is 0.476. The van der Waals surface area contributed by atoms with E-state index in [0.717, 1.165) is 41.5 Å². The van der Waals surface area contributed by atoms with Gasteiger partial charge in [0.2, 0.25) is 0 Å². The molecule has 0 spiro atoms. The summed E-state index contributed by atoms with van der Waals surface area (Å²) in [4.78, 5) is 4.41. The summed E-state index contributed by atoms with van der Waals surface area (Å²) in [5, 5.41) is 18.6. The number of nitrogens with one attached hydrogen (secondary N) is 2. The highest BCUT2D eigenvalue weighted by Crippen LogP contribution is 2.44. The molecule has 4 nitrogen and oxygen atoms in total. The lowest BCUT2D eigenvalue weighted by Gasteiger charge is -2.10. The van der Waals surface area contributed by atoms with Crippen LogP contribution in [-0.2, 0) is 0 Å². The highest BCUT2D eigenvalue weighted by Gasteiger charge is 2.53. The molecular formula is C14H15N3O. The van der Waals surface area contributed by atoms with Crippen molar-refractivity contribution in [1.82, 2.24) is 10.3 Å². The number of piperidine rings is 1. The minimum Gasteiger partial charge on any atom is -0.508 e. The number of nitrogens with zero attached hydrogens (tertiary/aromatic N) is 1. The highest BCUT2D eigenvalue weighted by molar-refractivity contribution is 5.92. The molecule has 18 heavy (non-hydrogen) atoms. The molecule has 0 radical (unpaired) electrons. The second-order valence-electron chi connectivity index (χ2n) is 5.22. The predicted molar refractivity (Wildman–Crippen MR) is 70.7 cm³/mol. The zero-order valence-electron chi connectivity index (χ0n) is 9.93. The molecule has 1 saturated carbocycles. The van der Waals surface area contributed by atoms with E-state index in [1.807, 2.05) is 18.3 Å². The third-order valence-corrected chi connectivity index (χ3v) is 4.14. The summed E-state index contributed by atoms with van der Waals surface area (Å²) in [6.45, 7) is 2.22. The fourth-order valence-electron chi connectivity index (χ4n) is 3.06. The zero-order chi connectivity index (χ0) is 12.1. The number of aromatic hydroxyl groups is 1. The topological polar surface area (TPSA) is 57.2 Å². The van der Waals surface area contributed by atoms with E-state index in [1.165, 1.54) is 0 Å². The number of hydrogen-bond donors (Lipinski definition) is 3. The molecule has 4 rings (SSSR count). The van der Waals surface area contributed by atoms with Gasteiger partial charge < -0.3 is 15.7 Å². The Morgan fingerprint density at radius 2 is 2.06 bits per heavy atom. The van der Waals surface area contributed by atoms with Crippen LogP contribution >= 0.6 is 0 Å². The highest BCUT2D eigenvalue weighted by atomic mass is 16.3. The van der Waals surface area contributed by atoms with Gasteiger partial charge in [0, 0.05) is 30.7 Å². The van der Waals surface area contributed by atoms with Crippen LogP contribution in [0.25, 0.3) is 10.8 Å². The molecule has 1 aliphatic heterocycles. The molecule has 2 aliphatic rings. The average Bonchev–Trinajstić information content (AvgIpc) is 2.83. The standard InChI is InChI=1S/C14H15N3O/c18-9-2-1-8-3-4-16-14(10(8)5-9)17-13-11-6-15-7-12(11)13/h1-5,11-13,15,18H,6-7H2,(H,16,17). The molecular weight excluding hydrogens is 226 g/mol. The SMILES string of the molecule is Oc1ccc2ccnc(NC3C4CNCC43)c2c1. The quantitative estimate of drug-likeness (QED) is 0.747. The lowest BCUT2D eigenvalue weighted by atomic mass is 10.1. The summed E-state index contributed by atoms with van der Waals surface area (Å²) < 4.78 is 0. The summed E-state index contributed by atoms with van der Waals surface area (Å²) >= 11 is 0. The predicted octanol–water partition coefficient (Wildman–Crippen LogP) is 1.57. The maximum atomic E-state index is 9.60. The van der Waals surface area contributed by atoms with Gasteiger partial charge >= 0.3 is 0 Å². The molecule has 4 heteroatoms. The Bertz CT molecular complexity index is 603. The first-order valence-corrected chi connectivity index (χ1v) is 6.38. The second kappa shape index (κ2) is 3.59. The van der Waals surface area contributed by atoms with Gasteiger partial charge in [-0.1, -0.05) is 6.07 Å². The first kappa shape index (κ1) is 10.1. The third kappa shape index (κ3) is 1.46. The molecule has 1 aliphatic carbocycles. The van der Waals surface area contributed by atoms with Crippen molar-refractivity contribution in [3.05, 3.63) is 30.5 Å². The van der Waals surface area contributed by atoms with Crippen molar-refractivity contribution >= 4 is 16.6 Å². The van der Waals surface area contributed by atoms with Gasteiger partial charge in [0.1, 0.15) is 11.6 Å². The molecule has 3 N–H and O–H groups in total. The van der Waals surface area contributed by atoms with Crippen LogP contribution in [0.4, 0.5) is 5.82 Å². The number of benzene rings is 1. The van der Waals surface area contributed by atoms with E-state index in [4.69, 9.17) is 0 Å². The third-order valence-electron chi connectivity index (χ3n) is 4.14. The van der Waals surface area contributed by atoms with Crippen molar-refractivity contribution in [2.24, 2.45) is 11.8 Å². The minimum atomic E-state index is 0.288. The van der Waals surface area contributed by atoms with E-state index in [2.05, 4.69) is 15.6 Å². The summed E-state index contributed by atoms with van der Waals surface area (Å²) in [6.07, 6.45) is 1.82. The summed E-state index contributed by atoms with van der Waals surface area (Å²) in [6, 6.07) is 7.93. The molecule has 92 valence electrons. The van der Waals surface area contributed by atoms with Gasteiger partial charge in [-0.25, -0.2) is 4.98 Å². The largest absolute Gasteiger partial charge is 0.508 e. The van der Waals surface area contributed by atoms with Crippen LogP contribution in [0.5, 0.6) is 5.75 Å². The Morgan fingerprint density at radius 1 is 1.22 bits per heavy atom. The van der Waals surface area contributed by atoms with Gasteiger partial charge in [0.15, 0.2) is 0 Å². The number of fused-ring (bicyclic) bond motifs is 2. The fourth-order valence-corrected chi connectivity index (χ4v) is 3.06. The molecule has 1 saturated heterocycles. The van der Waals surface area contributed by atoms with Gasteiger partial charge in [-0.2, -0.15) is 0 Å². The van der Waals surface area contributed by atoms with Crippen LogP contribution in [0.1, 0.15) is 0 Å². The maximum absolute atomic E-state index is 9.60. The monoisotopic (exact) mass is 241 g/mol. The Hall–Kier alpha value is -1.81. The number of aromatic nitrogens is 1. The van der Waals surface area contributed by atoms with Crippen LogP contribution in [0, 0.1) is 11.8 Å². The van der Waals surface area contributed by atoms with Crippen molar-refractivity contribution < 1.29 is 5.11 Å². The molecule has 2 fully saturated rings. The number of pyridine rings is 1. The fraction of sp³-hybridized carbons (Fsp3) is 0.357. The van der Waals surface area contributed by atoms with Gasteiger partial charge in [-0.3, -0.25) is 0 Å². The van der Waals surface area contributed by atoms with Crippen molar-refractivity contribution in [2.45, 2.75) is 6.04 Å². The summed E-state index contributed by atoms with van der Waals surface area (Å²) in [5.74, 6) is 2.68. The molecule has 1 aromatic carbocycles. The zero-order valence-corrected chi connectivity index (χ0v) is 9.93. The van der Waals surface area contributed by atoms with E-state index >= 15 is 0 Å². The van der Waals surface area contributed by atoms with E-state index in [1.54, 1.807) is 12.1 Å². The first-order valence-electron chi connectivity index (χ1n) is 6.38. The molecule has 0 amide bonds. The first-order chi connectivity index (χ1) is 8.83. The van der Waals surface area contributed by atoms with E-state index in [0.29, 0.717) is 6.04 Å². The van der Waals surface area contributed by atoms with Crippen molar-refractivity contribution in [1.29, 1.82) is 0 Å². The van der Waals surface area contributed by atoms with E-state index in [9.17, 15) is 5.11 Å². The lowest BCUT2D eigenvalue weighted by Crippen LogP contribution is -2.21. The number of rotatable bonds is 2. The Kier molecular flexibility index (Phi) is 2.02.